The fraction of sp³-hybridized carbons (Fsp3) is 1.00. The molecular weight excluding hydrogens is 222 g/mol. The van der Waals surface area contributed by atoms with Crippen molar-refractivity contribution in [2.45, 2.75) is 57.5 Å². The summed E-state index contributed by atoms with van der Waals surface area (Å²) in [5.74, 6) is 1.61. The van der Waals surface area contributed by atoms with Gasteiger partial charge in [-0.25, -0.2) is 8.42 Å². The van der Waals surface area contributed by atoms with Crippen LogP contribution in [0.25, 0.3) is 0 Å². The Balaban J connectivity index is 1.81. The molecule has 1 aliphatic heterocycles. The average Bonchev–Trinajstić information content (AvgIpc) is 2.20. The lowest BCUT2D eigenvalue weighted by Crippen LogP contribution is -2.46. The van der Waals surface area contributed by atoms with E-state index in [4.69, 9.17) is 0 Å². The number of rotatable bonds is 2. The minimum atomic E-state index is -2.76. The lowest BCUT2D eigenvalue weighted by molar-refractivity contribution is 0.285. The van der Waals surface area contributed by atoms with Crippen LogP contribution in [0.15, 0.2) is 0 Å². The molecule has 0 radical (unpaired) electrons. The second kappa shape index (κ2) is 5.05. The van der Waals surface area contributed by atoms with Gasteiger partial charge in [-0.2, -0.15) is 0 Å². The Bertz CT molecular complexity index is 318. The molecule has 2 rings (SSSR count). The molecule has 0 amide bonds. The summed E-state index contributed by atoms with van der Waals surface area (Å²) in [6, 6.07) is 0.784. The van der Waals surface area contributed by atoms with Crippen molar-refractivity contribution in [2.75, 3.05) is 11.5 Å². The van der Waals surface area contributed by atoms with E-state index in [0.717, 1.165) is 18.8 Å². The highest BCUT2D eigenvalue weighted by molar-refractivity contribution is 7.91. The Labute approximate surface area is 98.9 Å². The van der Waals surface area contributed by atoms with E-state index in [9.17, 15) is 8.42 Å². The zero-order chi connectivity index (χ0) is 11.6. The van der Waals surface area contributed by atoms with Gasteiger partial charge in [0, 0.05) is 12.1 Å². The smallest absolute Gasteiger partial charge is 0.151 e. The Morgan fingerprint density at radius 3 is 2.31 bits per heavy atom. The monoisotopic (exact) mass is 245 g/mol. The van der Waals surface area contributed by atoms with Crippen molar-refractivity contribution in [2.24, 2.45) is 5.92 Å². The maximum atomic E-state index is 11.5. The fourth-order valence-electron chi connectivity index (χ4n) is 2.91. The van der Waals surface area contributed by atoms with Gasteiger partial charge in [0.05, 0.1) is 11.5 Å². The van der Waals surface area contributed by atoms with Crippen LogP contribution in [0.2, 0.25) is 0 Å². The van der Waals surface area contributed by atoms with Crippen molar-refractivity contribution in [3.63, 3.8) is 0 Å². The van der Waals surface area contributed by atoms with Crippen LogP contribution in [0, 0.1) is 5.92 Å². The van der Waals surface area contributed by atoms with Gasteiger partial charge in [0.2, 0.25) is 0 Å². The van der Waals surface area contributed by atoms with Gasteiger partial charge in [-0.05, 0) is 44.4 Å². The van der Waals surface area contributed by atoms with Crippen molar-refractivity contribution in [3.8, 4) is 0 Å². The molecule has 0 aromatic rings. The number of hydrogen-bond acceptors (Lipinski definition) is 3. The Morgan fingerprint density at radius 1 is 1.00 bits per heavy atom. The van der Waals surface area contributed by atoms with Crippen molar-refractivity contribution < 1.29 is 8.42 Å². The molecule has 3 nitrogen and oxygen atoms in total. The molecule has 4 heteroatoms. The Hall–Kier alpha value is -0.0900. The number of nitrogens with one attached hydrogen (secondary N) is 1. The third kappa shape index (κ3) is 3.45. The van der Waals surface area contributed by atoms with E-state index in [1.807, 2.05) is 0 Å². The molecule has 1 saturated carbocycles. The van der Waals surface area contributed by atoms with Gasteiger partial charge in [-0.1, -0.05) is 6.92 Å². The van der Waals surface area contributed by atoms with E-state index >= 15 is 0 Å². The van der Waals surface area contributed by atoms with Crippen molar-refractivity contribution in [3.05, 3.63) is 0 Å². The van der Waals surface area contributed by atoms with Crippen molar-refractivity contribution >= 4 is 9.84 Å². The molecule has 0 aromatic carbocycles. The van der Waals surface area contributed by atoms with Crippen molar-refractivity contribution in [1.29, 1.82) is 0 Å². The minimum Gasteiger partial charge on any atom is -0.310 e. The highest BCUT2D eigenvalue weighted by Gasteiger charge is 2.27. The van der Waals surface area contributed by atoms with Crippen LogP contribution < -0.4 is 5.32 Å². The predicted molar refractivity (Wildman–Crippen MR) is 66.2 cm³/mol. The molecular formula is C12H23NO2S. The summed E-state index contributed by atoms with van der Waals surface area (Å²) in [6.45, 7) is 2.31. The van der Waals surface area contributed by atoms with Crippen LogP contribution in [0.5, 0.6) is 0 Å². The van der Waals surface area contributed by atoms with E-state index < -0.39 is 9.84 Å². The first kappa shape index (κ1) is 12.4. The summed E-state index contributed by atoms with van der Waals surface area (Å²) in [6.07, 6.45) is 6.89. The Kier molecular flexibility index (Phi) is 3.90. The molecule has 2 fully saturated rings. The molecule has 2 aliphatic rings. The summed E-state index contributed by atoms with van der Waals surface area (Å²) in [7, 11) is -2.76. The van der Waals surface area contributed by atoms with E-state index in [0.29, 0.717) is 17.5 Å². The second-order valence-corrected chi connectivity index (χ2v) is 7.81. The Morgan fingerprint density at radius 2 is 1.69 bits per heavy atom. The standard InChI is InChI=1S/C12H23NO2S/c1-10-4-6-11(7-5-10)13-12-3-2-8-16(14,15)9-12/h10-13H,2-9H2,1H3. The lowest BCUT2D eigenvalue weighted by Gasteiger charge is -2.32. The van der Waals surface area contributed by atoms with Gasteiger partial charge in [-0.15, -0.1) is 0 Å². The van der Waals surface area contributed by atoms with Gasteiger partial charge in [-0.3, -0.25) is 0 Å². The molecule has 1 saturated heterocycles. The molecule has 1 aliphatic carbocycles. The molecule has 16 heavy (non-hydrogen) atoms. The van der Waals surface area contributed by atoms with Crippen LogP contribution in [-0.2, 0) is 9.84 Å². The second-order valence-electron chi connectivity index (χ2n) is 5.58. The van der Waals surface area contributed by atoms with Gasteiger partial charge in [0.15, 0.2) is 9.84 Å². The largest absolute Gasteiger partial charge is 0.310 e. The summed E-state index contributed by atoms with van der Waals surface area (Å²) in [5, 5.41) is 3.55. The van der Waals surface area contributed by atoms with Crippen molar-refractivity contribution in [1.82, 2.24) is 5.32 Å². The number of sulfone groups is 1. The zero-order valence-corrected chi connectivity index (χ0v) is 10.9. The third-order valence-corrected chi connectivity index (χ3v) is 5.77. The summed E-state index contributed by atoms with van der Waals surface area (Å²) in [4.78, 5) is 0. The third-order valence-electron chi connectivity index (χ3n) is 3.95. The minimum absolute atomic E-state index is 0.220. The van der Waals surface area contributed by atoms with Crippen LogP contribution in [0.3, 0.4) is 0 Å². The summed E-state index contributed by atoms with van der Waals surface area (Å²) >= 11 is 0. The van der Waals surface area contributed by atoms with Crippen LogP contribution >= 0.6 is 0 Å². The van der Waals surface area contributed by atoms with E-state index in [2.05, 4.69) is 12.2 Å². The van der Waals surface area contributed by atoms with Gasteiger partial charge in [0.25, 0.3) is 0 Å². The normalized spacial score (nSPS) is 39.4. The van der Waals surface area contributed by atoms with Crippen LogP contribution in [-0.4, -0.2) is 32.0 Å². The first-order valence-corrected chi connectivity index (χ1v) is 8.34. The maximum Gasteiger partial charge on any atom is 0.151 e. The molecule has 0 spiro atoms. The molecule has 1 unspecified atom stereocenters. The topological polar surface area (TPSA) is 46.2 Å². The molecule has 1 N–H and O–H groups in total. The van der Waals surface area contributed by atoms with Crippen LogP contribution in [0.1, 0.15) is 45.4 Å². The van der Waals surface area contributed by atoms with Gasteiger partial charge < -0.3 is 5.32 Å². The van der Waals surface area contributed by atoms with Crippen LogP contribution in [0.4, 0.5) is 0 Å². The quantitative estimate of drug-likeness (QED) is 0.806. The molecule has 1 heterocycles. The van der Waals surface area contributed by atoms with E-state index in [1.54, 1.807) is 0 Å². The highest BCUT2D eigenvalue weighted by Crippen LogP contribution is 2.24. The average molecular weight is 245 g/mol. The van der Waals surface area contributed by atoms with Gasteiger partial charge in [0.1, 0.15) is 0 Å². The highest BCUT2D eigenvalue weighted by atomic mass is 32.2. The van der Waals surface area contributed by atoms with E-state index in [1.165, 1.54) is 25.7 Å². The fourth-order valence-corrected chi connectivity index (χ4v) is 4.56. The maximum absolute atomic E-state index is 11.5. The zero-order valence-electron chi connectivity index (χ0n) is 10.1. The summed E-state index contributed by atoms with van der Waals surface area (Å²) in [5.41, 5.74) is 0. The number of hydrogen-bond donors (Lipinski definition) is 1. The first-order chi connectivity index (χ1) is 7.55. The lowest BCUT2D eigenvalue weighted by atomic mass is 9.87. The van der Waals surface area contributed by atoms with E-state index in [-0.39, 0.29) is 6.04 Å². The predicted octanol–water partition coefficient (Wildman–Crippen LogP) is 1.73. The molecule has 94 valence electrons. The molecule has 0 aromatic heterocycles. The first-order valence-electron chi connectivity index (χ1n) is 6.51. The molecule has 0 bridgehead atoms. The molecule has 1 atom stereocenters. The SMILES string of the molecule is CC1CCC(NC2CCCS(=O)(=O)C2)CC1. The van der Waals surface area contributed by atoms with Gasteiger partial charge >= 0.3 is 0 Å². The summed E-state index contributed by atoms with van der Waals surface area (Å²) < 4.78 is 23.0.